The second kappa shape index (κ2) is 8.57. The second-order valence-electron chi connectivity index (χ2n) is 9.64. The van der Waals surface area contributed by atoms with Crippen LogP contribution in [-0.4, -0.2) is 63.1 Å². The van der Waals surface area contributed by atoms with Gasteiger partial charge in [-0.1, -0.05) is 30.3 Å². The molecule has 8 heteroatoms. The Morgan fingerprint density at radius 2 is 1.97 bits per heavy atom. The van der Waals surface area contributed by atoms with Crippen LogP contribution in [0.15, 0.2) is 42.5 Å². The predicted molar refractivity (Wildman–Crippen MR) is 131 cm³/mol. The lowest BCUT2D eigenvalue weighted by Gasteiger charge is -2.34. The minimum Gasteiger partial charge on any atom is -0.466 e. The molecule has 1 spiro atoms. The van der Waals surface area contributed by atoms with Gasteiger partial charge in [0.1, 0.15) is 6.04 Å². The molecule has 5 rings (SSSR count). The highest BCUT2D eigenvalue weighted by molar-refractivity contribution is 8.02. The topological polar surface area (TPSA) is 95.9 Å². The molecule has 0 radical (unpaired) electrons. The van der Waals surface area contributed by atoms with Crippen LogP contribution >= 0.6 is 11.8 Å². The second-order valence-corrected chi connectivity index (χ2v) is 11.5. The fraction of sp³-hybridized carbons (Fsp3) is 0.500. The minimum atomic E-state index is -0.714. The Morgan fingerprint density at radius 1 is 1.21 bits per heavy atom. The van der Waals surface area contributed by atoms with Crippen molar-refractivity contribution in [2.75, 3.05) is 25.1 Å². The maximum atomic E-state index is 13.8. The molecule has 2 aromatic rings. The van der Waals surface area contributed by atoms with E-state index in [2.05, 4.69) is 5.32 Å². The van der Waals surface area contributed by atoms with Gasteiger partial charge < -0.3 is 20.1 Å². The third-order valence-electron chi connectivity index (χ3n) is 7.64. The van der Waals surface area contributed by atoms with Crippen molar-refractivity contribution < 1.29 is 24.2 Å². The van der Waals surface area contributed by atoms with E-state index in [1.165, 1.54) is 0 Å². The Balaban J connectivity index is 1.50. The molecule has 0 aliphatic carbocycles. The molecule has 2 bridgehead atoms. The Kier molecular flexibility index (Phi) is 5.84. The van der Waals surface area contributed by atoms with Gasteiger partial charge in [-0.05, 0) is 56.0 Å². The first kappa shape index (κ1) is 23.2. The highest BCUT2D eigenvalue weighted by atomic mass is 32.2. The zero-order valence-corrected chi connectivity index (χ0v) is 20.3. The summed E-state index contributed by atoms with van der Waals surface area (Å²) in [5, 5.41) is 14.6. The molecule has 0 saturated carbocycles. The van der Waals surface area contributed by atoms with Crippen molar-refractivity contribution in [3.63, 3.8) is 0 Å². The van der Waals surface area contributed by atoms with Gasteiger partial charge in [-0.15, -0.1) is 11.8 Å². The molecule has 3 saturated heterocycles. The van der Waals surface area contributed by atoms with E-state index in [0.29, 0.717) is 18.5 Å². The number of hydrogen-bond acceptors (Lipinski definition) is 6. The monoisotopic (exact) mass is 482 g/mol. The number of aliphatic hydroxyl groups is 1. The fourth-order valence-electron chi connectivity index (χ4n) is 6.28. The third kappa shape index (κ3) is 3.41. The molecule has 5 atom stereocenters. The van der Waals surface area contributed by atoms with E-state index in [4.69, 9.17) is 4.74 Å². The van der Waals surface area contributed by atoms with Crippen molar-refractivity contribution in [3.05, 3.63) is 42.5 Å². The van der Waals surface area contributed by atoms with Crippen LogP contribution in [0, 0.1) is 11.8 Å². The lowest BCUT2D eigenvalue weighted by Crippen LogP contribution is -2.51. The van der Waals surface area contributed by atoms with Crippen molar-refractivity contribution in [1.82, 2.24) is 4.90 Å². The summed E-state index contributed by atoms with van der Waals surface area (Å²) >= 11 is 1.62. The van der Waals surface area contributed by atoms with E-state index in [1.54, 1.807) is 23.6 Å². The van der Waals surface area contributed by atoms with Crippen LogP contribution in [0.1, 0.15) is 33.1 Å². The van der Waals surface area contributed by atoms with Gasteiger partial charge in [0, 0.05) is 23.6 Å². The van der Waals surface area contributed by atoms with Crippen LogP contribution < -0.4 is 5.32 Å². The number of carbonyl (C=O) groups is 3. The van der Waals surface area contributed by atoms with Gasteiger partial charge in [0.2, 0.25) is 11.8 Å². The van der Waals surface area contributed by atoms with Gasteiger partial charge in [0.15, 0.2) is 0 Å². The van der Waals surface area contributed by atoms with Crippen LogP contribution in [0.3, 0.4) is 0 Å². The molecule has 3 aliphatic heterocycles. The molecule has 180 valence electrons. The quantitative estimate of drug-likeness (QED) is 0.589. The number of nitrogens with one attached hydrogen (secondary N) is 1. The number of fused-ring (bicyclic) bond motifs is 2. The number of benzene rings is 2. The zero-order valence-electron chi connectivity index (χ0n) is 19.5. The summed E-state index contributed by atoms with van der Waals surface area (Å²) in [6.07, 6.45) is 1.81. The molecule has 0 aromatic heterocycles. The number of thioether (sulfide) groups is 1. The summed E-state index contributed by atoms with van der Waals surface area (Å²) in [5.74, 6) is -1.95. The number of amides is 2. The average Bonchev–Trinajstić information content (AvgIpc) is 3.38. The minimum absolute atomic E-state index is 0.0768. The molecule has 2 aromatic carbocycles. The molecule has 3 heterocycles. The maximum Gasteiger partial charge on any atom is 0.311 e. The Labute approximate surface area is 203 Å². The average molecular weight is 483 g/mol. The number of aliphatic hydroxyl groups excluding tert-OH is 1. The molecule has 2 amide bonds. The smallest absolute Gasteiger partial charge is 0.311 e. The number of anilines is 1. The molecule has 3 aliphatic rings. The molecular weight excluding hydrogens is 452 g/mol. The Morgan fingerprint density at radius 3 is 2.71 bits per heavy atom. The Hall–Kier alpha value is -2.58. The van der Waals surface area contributed by atoms with Crippen LogP contribution in [0.5, 0.6) is 0 Å². The molecular formula is C26H30N2O5S. The molecule has 7 nitrogen and oxygen atoms in total. The van der Waals surface area contributed by atoms with Crippen molar-refractivity contribution in [2.24, 2.45) is 11.8 Å². The van der Waals surface area contributed by atoms with E-state index >= 15 is 0 Å². The highest BCUT2D eigenvalue weighted by Crippen LogP contribution is 2.71. The fourth-order valence-corrected chi connectivity index (χ4v) is 8.62. The summed E-state index contributed by atoms with van der Waals surface area (Å²) in [7, 11) is 0. The van der Waals surface area contributed by atoms with Crippen molar-refractivity contribution in [2.45, 2.75) is 48.6 Å². The van der Waals surface area contributed by atoms with E-state index in [1.807, 2.05) is 49.4 Å². The lowest BCUT2D eigenvalue weighted by atomic mass is 9.66. The van der Waals surface area contributed by atoms with Crippen LogP contribution in [-0.2, 0) is 19.1 Å². The van der Waals surface area contributed by atoms with Crippen LogP contribution in [0.25, 0.3) is 10.8 Å². The zero-order chi connectivity index (χ0) is 24.1. The standard InChI is InChI=1S/C26H30N2O5S/c1-3-33-24(32)20-19-23(31)28(13-6-14-29)21(26(19)12-11-25(20,2)34-26)22(30)27-18-10-9-16-7-4-5-8-17(16)15-18/h4-5,7-10,15,19-21,29H,3,6,11-14H2,1-2H3,(H,27,30)/t19-,20-,21?,25+,26?/m0/s1. The van der Waals surface area contributed by atoms with Crippen LogP contribution in [0.2, 0.25) is 0 Å². The number of rotatable bonds is 7. The van der Waals surface area contributed by atoms with E-state index in [9.17, 15) is 19.5 Å². The van der Waals surface area contributed by atoms with Gasteiger partial charge in [-0.3, -0.25) is 14.4 Å². The largest absolute Gasteiger partial charge is 0.466 e. The first-order valence-corrected chi connectivity index (χ1v) is 12.7. The van der Waals surface area contributed by atoms with Gasteiger partial charge >= 0.3 is 5.97 Å². The van der Waals surface area contributed by atoms with E-state index < -0.39 is 27.4 Å². The highest BCUT2D eigenvalue weighted by Gasteiger charge is 2.77. The number of likely N-dealkylation sites (tertiary alicyclic amines) is 1. The van der Waals surface area contributed by atoms with E-state index in [-0.39, 0.29) is 37.5 Å². The lowest BCUT2D eigenvalue weighted by molar-refractivity contribution is -0.155. The molecule has 3 fully saturated rings. The summed E-state index contributed by atoms with van der Waals surface area (Å²) in [5.41, 5.74) is 0.670. The number of nitrogens with zero attached hydrogens (tertiary/aromatic N) is 1. The van der Waals surface area contributed by atoms with Crippen molar-refractivity contribution in [3.8, 4) is 0 Å². The van der Waals surface area contributed by atoms with Crippen molar-refractivity contribution >= 4 is 46.0 Å². The summed E-state index contributed by atoms with van der Waals surface area (Å²) in [4.78, 5) is 42.1. The maximum absolute atomic E-state index is 13.8. The van der Waals surface area contributed by atoms with Gasteiger partial charge in [0.05, 0.1) is 23.2 Å². The number of carbonyl (C=O) groups excluding carboxylic acids is 3. The van der Waals surface area contributed by atoms with Gasteiger partial charge in [0.25, 0.3) is 0 Å². The normalized spacial score (nSPS) is 31.7. The molecule has 2 N–H and O–H groups in total. The first-order chi connectivity index (χ1) is 16.3. The summed E-state index contributed by atoms with van der Waals surface area (Å²) in [6.45, 7) is 4.24. The van der Waals surface area contributed by atoms with E-state index in [0.717, 1.165) is 17.2 Å². The molecule has 34 heavy (non-hydrogen) atoms. The number of esters is 1. The number of hydrogen-bond donors (Lipinski definition) is 2. The summed E-state index contributed by atoms with van der Waals surface area (Å²) in [6, 6.07) is 13.0. The SMILES string of the molecule is CCOC(=O)[C@@H]1[C@H]2C(=O)N(CCCO)C(C(=O)Nc3ccc4ccccc4c3)C23CC[C@@]1(C)S3. The number of ether oxygens (including phenoxy) is 1. The van der Waals surface area contributed by atoms with Crippen LogP contribution in [0.4, 0.5) is 5.69 Å². The van der Waals surface area contributed by atoms with Crippen molar-refractivity contribution in [1.29, 1.82) is 0 Å². The Bertz CT molecular complexity index is 1150. The first-order valence-electron chi connectivity index (χ1n) is 11.9. The van der Waals surface area contributed by atoms with Gasteiger partial charge in [-0.2, -0.15) is 0 Å². The van der Waals surface area contributed by atoms with Gasteiger partial charge in [-0.25, -0.2) is 0 Å². The summed E-state index contributed by atoms with van der Waals surface area (Å²) < 4.78 is 4.27. The molecule has 2 unspecified atom stereocenters. The predicted octanol–water partition coefficient (Wildman–Crippen LogP) is 3.21. The third-order valence-corrected chi connectivity index (χ3v) is 9.63.